The Morgan fingerprint density at radius 3 is 2.36 bits per heavy atom. The number of nitrogens with two attached hydrogens (primary N) is 5. The zero-order valence-electron chi connectivity index (χ0n) is 25.3. The fourth-order valence-electron chi connectivity index (χ4n) is 6.12. The minimum absolute atomic E-state index is 0.0339. The van der Waals surface area contributed by atoms with Crippen molar-refractivity contribution in [2.75, 3.05) is 19.7 Å². The van der Waals surface area contributed by atoms with Crippen LogP contribution in [-0.4, -0.2) is 132 Å². The van der Waals surface area contributed by atoms with Crippen molar-refractivity contribution in [3.05, 3.63) is 35.9 Å². The molecule has 3 fully saturated rings. The summed E-state index contributed by atoms with van der Waals surface area (Å²) in [6.07, 6.45) is -8.17. The third-order valence-corrected chi connectivity index (χ3v) is 8.79. The maximum atomic E-state index is 13.0. The van der Waals surface area contributed by atoms with Crippen molar-refractivity contribution in [2.45, 2.75) is 118 Å². The van der Waals surface area contributed by atoms with E-state index in [1.165, 1.54) is 0 Å². The maximum Gasteiger partial charge on any atom is 0.249 e. The van der Waals surface area contributed by atoms with Crippen LogP contribution in [0.2, 0.25) is 0 Å². The van der Waals surface area contributed by atoms with E-state index in [0.29, 0.717) is 25.9 Å². The van der Waals surface area contributed by atoms with Crippen molar-refractivity contribution in [2.24, 2.45) is 28.7 Å². The highest BCUT2D eigenvalue weighted by Gasteiger charge is 2.51. The van der Waals surface area contributed by atoms with Crippen molar-refractivity contribution >= 4 is 5.91 Å². The molecule has 16 N–H and O–H groups in total. The van der Waals surface area contributed by atoms with Crippen molar-refractivity contribution < 1.29 is 44.2 Å². The molecule has 45 heavy (non-hydrogen) atoms. The highest BCUT2D eigenvalue weighted by molar-refractivity contribution is 5.80. The summed E-state index contributed by atoms with van der Waals surface area (Å²) in [5.74, 6) is -0.679. The van der Waals surface area contributed by atoms with Gasteiger partial charge >= 0.3 is 0 Å². The van der Waals surface area contributed by atoms with Gasteiger partial charge in [0, 0.05) is 19.1 Å². The third-order valence-electron chi connectivity index (χ3n) is 8.79. The molecule has 1 aromatic carbocycles. The first-order chi connectivity index (χ1) is 21.6. The van der Waals surface area contributed by atoms with E-state index in [9.17, 15) is 25.2 Å². The topological polar surface area (TPSA) is 289 Å². The fourth-order valence-corrected chi connectivity index (χ4v) is 6.12. The molecule has 2 saturated heterocycles. The molecule has 0 radical (unpaired) electrons. The Labute approximate surface area is 262 Å². The van der Waals surface area contributed by atoms with Crippen LogP contribution in [0.5, 0.6) is 0 Å². The van der Waals surface area contributed by atoms with E-state index in [2.05, 4.69) is 10.6 Å². The summed E-state index contributed by atoms with van der Waals surface area (Å²) >= 11 is 0. The first-order valence-corrected chi connectivity index (χ1v) is 15.6. The number of carbonyl (C=O) groups is 1. The molecule has 0 spiro atoms. The molecule has 1 aliphatic carbocycles. The van der Waals surface area contributed by atoms with E-state index in [4.69, 9.17) is 47.6 Å². The van der Waals surface area contributed by atoms with Crippen LogP contribution in [0.4, 0.5) is 0 Å². The number of carbonyl (C=O) groups excluding carboxylic acids is 1. The Hall–Kier alpha value is -1.87. The lowest BCUT2D eigenvalue weighted by atomic mass is 9.81. The number of ether oxygens (including phenoxy) is 4. The second-order valence-corrected chi connectivity index (χ2v) is 12.1. The molecule has 0 bridgehead atoms. The minimum Gasteiger partial charge on any atom is -0.394 e. The fraction of sp³-hybridized carbons (Fsp3) is 0.759. The lowest BCUT2D eigenvalue weighted by Gasteiger charge is -2.50. The van der Waals surface area contributed by atoms with Gasteiger partial charge in [-0.05, 0) is 37.8 Å². The van der Waals surface area contributed by atoms with Gasteiger partial charge in [0.1, 0.15) is 24.4 Å². The van der Waals surface area contributed by atoms with Crippen LogP contribution < -0.4 is 39.3 Å². The molecule has 1 amide bonds. The van der Waals surface area contributed by atoms with Gasteiger partial charge in [0.25, 0.3) is 0 Å². The largest absolute Gasteiger partial charge is 0.394 e. The SMILES string of the molecule is NCC[C@H](O)C(=O)N[C@@H]1C[C@H](N)C(O[C@@H]2OC(CN)CCC2N)C(NCc2ccccc2)[C@@H]1O[C@@H]1OC(CO)[C@H](O)[C@H](N)C1O. The van der Waals surface area contributed by atoms with Gasteiger partial charge in [-0.1, -0.05) is 30.3 Å². The predicted molar refractivity (Wildman–Crippen MR) is 162 cm³/mol. The van der Waals surface area contributed by atoms with Crippen LogP contribution in [0.25, 0.3) is 0 Å². The number of hydrogen-bond acceptors (Lipinski definition) is 15. The van der Waals surface area contributed by atoms with Crippen molar-refractivity contribution in [3.63, 3.8) is 0 Å². The van der Waals surface area contributed by atoms with E-state index in [0.717, 1.165) is 5.56 Å². The Morgan fingerprint density at radius 1 is 0.978 bits per heavy atom. The van der Waals surface area contributed by atoms with Gasteiger partial charge in [0.15, 0.2) is 12.6 Å². The number of rotatable bonds is 13. The first kappa shape index (κ1) is 36.0. The predicted octanol–water partition coefficient (Wildman–Crippen LogP) is -4.60. The molecule has 256 valence electrons. The second-order valence-electron chi connectivity index (χ2n) is 12.1. The standard InChI is InChI=1S/C29H51N7O9/c30-9-8-19(38)27(41)36-18-10-17(33)25(44-28-16(32)7-6-15(11-31)42-28)22(35-12-14-4-2-1-3-5-14)26(18)45-29-24(40)21(34)23(39)20(13-37)43-29/h1-5,15-26,28-29,35,37-40H,6-13,30-34H2,(H,36,41)/t15?,16?,17-,18+,19-,20?,21-,22?,23-,24?,25?,26+,28-,29-/m0/s1. The van der Waals surface area contributed by atoms with E-state index in [1.807, 2.05) is 30.3 Å². The molecular weight excluding hydrogens is 590 g/mol. The average Bonchev–Trinajstić information content (AvgIpc) is 3.04. The summed E-state index contributed by atoms with van der Waals surface area (Å²) in [5, 5.41) is 47.8. The summed E-state index contributed by atoms with van der Waals surface area (Å²) in [6, 6.07) is 5.60. The molecule has 1 aromatic rings. The Balaban J connectivity index is 1.68. The van der Waals surface area contributed by atoms with Crippen molar-refractivity contribution in [1.82, 2.24) is 10.6 Å². The number of nitrogens with one attached hydrogen (secondary N) is 2. The molecule has 16 heteroatoms. The van der Waals surface area contributed by atoms with E-state index >= 15 is 0 Å². The van der Waals surface area contributed by atoms with Crippen LogP contribution in [0.15, 0.2) is 30.3 Å². The van der Waals surface area contributed by atoms with Gasteiger partial charge in [-0.25, -0.2) is 0 Å². The summed E-state index contributed by atoms with van der Waals surface area (Å²) in [5.41, 5.74) is 31.6. The van der Waals surface area contributed by atoms with Crippen molar-refractivity contribution in [1.29, 1.82) is 0 Å². The quantitative estimate of drug-likeness (QED) is 0.0966. The van der Waals surface area contributed by atoms with Gasteiger partial charge in [0.2, 0.25) is 5.91 Å². The Morgan fingerprint density at radius 2 is 1.69 bits per heavy atom. The van der Waals surface area contributed by atoms with Crippen LogP contribution in [-0.2, 0) is 30.3 Å². The number of benzene rings is 1. The number of aliphatic hydroxyl groups excluding tert-OH is 4. The molecule has 3 aliphatic rings. The second kappa shape index (κ2) is 16.8. The molecule has 2 aliphatic heterocycles. The monoisotopic (exact) mass is 641 g/mol. The number of hydrogen-bond donors (Lipinski definition) is 11. The normalized spacial score (nSPS) is 39.7. The molecule has 2 heterocycles. The minimum atomic E-state index is -1.49. The lowest BCUT2D eigenvalue weighted by Crippen LogP contribution is -2.71. The number of aliphatic hydroxyl groups is 4. The Kier molecular flexibility index (Phi) is 13.4. The summed E-state index contributed by atoms with van der Waals surface area (Å²) < 4.78 is 24.7. The summed E-state index contributed by atoms with van der Waals surface area (Å²) in [6.45, 7) is 0.136. The van der Waals surface area contributed by atoms with Gasteiger partial charge in [0.05, 0.1) is 49.1 Å². The number of amides is 1. The smallest absolute Gasteiger partial charge is 0.249 e. The molecule has 1 saturated carbocycles. The highest BCUT2D eigenvalue weighted by Crippen LogP contribution is 2.32. The van der Waals surface area contributed by atoms with Crippen LogP contribution in [0.1, 0.15) is 31.2 Å². The molecular formula is C29H51N7O9. The summed E-state index contributed by atoms with van der Waals surface area (Å²) in [4.78, 5) is 13.0. The third kappa shape index (κ3) is 8.94. The van der Waals surface area contributed by atoms with Gasteiger partial charge in [-0.2, -0.15) is 0 Å². The highest BCUT2D eigenvalue weighted by atomic mass is 16.7. The van der Waals surface area contributed by atoms with Gasteiger partial charge < -0.3 is 78.7 Å². The van der Waals surface area contributed by atoms with Crippen LogP contribution in [0, 0.1) is 0 Å². The zero-order valence-corrected chi connectivity index (χ0v) is 25.3. The molecule has 0 aromatic heterocycles. The zero-order chi connectivity index (χ0) is 32.7. The average molecular weight is 642 g/mol. The van der Waals surface area contributed by atoms with Crippen LogP contribution in [0.3, 0.4) is 0 Å². The lowest BCUT2D eigenvalue weighted by molar-refractivity contribution is -0.303. The maximum absolute atomic E-state index is 13.0. The van der Waals surface area contributed by atoms with Crippen molar-refractivity contribution in [3.8, 4) is 0 Å². The molecule has 6 unspecified atom stereocenters. The molecule has 16 nitrogen and oxygen atoms in total. The summed E-state index contributed by atoms with van der Waals surface area (Å²) in [7, 11) is 0. The van der Waals surface area contributed by atoms with Gasteiger partial charge in [-0.15, -0.1) is 0 Å². The molecule has 14 atom stereocenters. The Bertz CT molecular complexity index is 1050. The van der Waals surface area contributed by atoms with E-state index in [1.54, 1.807) is 0 Å². The van der Waals surface area contributed by atoms with E-state index < -0.39 is 91.9 Å². The first-order valence-electron chi connectivity index (χ1n) is 15.6. The van der Waals surface area contributed by atoms with E-state index in [-0.39, 0.29) is 25.5 Å². The van der Waals surface area contributed by atoms with Crippen LogP contribution >= 0.6 is 0 Å². The van der Waals surface area contributed by atoms with Gasteiger partial charge in [-0.3, -0.25) is 4.79 Å². The molecule has 4 rings (SSSR count).